The van der Waals surface area contributed by atoms with E-state index in [0.29, 0.717) is 27.0 Å². The fourth-order valence-corrected chi connectivity index (χ4v) is 4.65. The normalized spacial score (nSPS) is 11.9. The van der Waals surface area contributed by atoms with E-state index >= 15 is 0 Å². The van der Waals surface area contributed by atoms with E-state index in [9.17, 15) is 14.9 Å². The summed E-state index contributed by atoms with van der Waals surface area (Å²) in [5, 5.41) is 16.0. The van der Waals surface area contributed by atoms with Gasteiger partial charge in [0.2, 0.25) is 0 Å². The predicted octanol–water partition coefficient (Wildman–Crippen LogP) is 6.78. The Morgan fingerprint density at radius 1 is 1.15 bits per heavy atom. The summed E-state index contributed by atoms with van der Waals surface area (Å²) in [7, 11) is 0. The topological polar surface area (TPSA) is 97.7 Å². The van der Waals surface area contributed by atoms with Crippen molar-refractivity contribution < 1.29 is 14.1 Å². The standard InChI is InChI=1S/C24H20ClN3O4S/c1-24(2,3)15-6-10-18-20(12-15)33-22(21(18)25)23(29)27-26-13-17-9-11-19(32-17)14-4-7-16(8-5-14)28(30)31/h4-13H,1-3H3,(H,27,29)/b26-13-. The average Bonchev–Trinajstić information content (AvgIpc) is 3.37. The van der Waals surface area contributed by atoms with Crippen molar-refractivity contribution in [2.75, 3.05) is 0 Å². The summed E-state index contributed by atoms with van der Waals surface area (Å²) < 4.78 is 6.63. The summed E-state index contributed by atoms with van der Waals surface area (Å²) in [6.07, 6.45) is 1.38. The fraction of sp³-hybridized carbons (Fsp3) is 0.167. The smallest absolute Gasteiger partial charge is 0.283 e. The van der Waals surface area contributed by atoms with Crippen LogP contribution in [0.3, 0.4) is 0 Å². The first-order chi connectivity index (χ1) is 15.6. The minimum absolute atomic E-state index is 0.00401. The summed E-state index contributed by atoms with van der Waals surface area (Å²) in [5.74, 6) is 0.540. The summed E-state index contributed by atoms with van der Waals surface area (Å²) in [6.45, 7) is 6.40. The molecule has 0 spiro atoms. The number of benzene rings is 2. The zero-order valence-electron chi connectivity index (χ0n) is 18.1. The molecule has 2 aromatic carbocycles. The van der Waals surface area contributed by atoms with Gasteiger partial charge in [0, 0.05) is 27.8 Å². The maximum Gasteiger partial charge on any atom is 0.283 e. The number of amides is 1. The van der Waals surface area contributed by atoms with Crippen LogP contribution in [-0.4, -0.2) is 17.0 Å². The highest BCUT2D eigenvalue weighted by molar-refractivity contribution is 7.21. The number of halogens is 1. The maximum atomic E-state index is 12.6. The van der Waals surface area contributed by atoms with E-state index in [1.807, 2.05) is 12.1 Å². The van der Waals surface area contributed by atoms with Crippen LogP contribution in [0.5, 0.6) is 0 Å². The van der Waals surface area contributed by atoms with Crippen LogP contribution in [0.1, 0.15) is 41.8 Å². The van der Waals surface area contributed by atoms with E-state index in [0.717, 1.165) is 10.1 Å². The molecule has 0 fully saturated rings. The van der Waals surface area contributed by atoms with Gasteiger partial charge in [0.15, 0.2) is 0 Å². The predicted molar refractivity (Wildman–Crippen MR) is 131 cm³/mol. The van der Waals surface area contributed by atoms with Crippen LogP contribution in [0, 0.1) is 10.1 Å². The number of carbonyl (C=O) groups is 1. The van der Waals surface area contributed by atoms with Gasteiger partial charge in [-0.05, 0) is 41.3 Å². The van der Waals surface area contributed by atoms with E-state index in [-0.39, 0.29) is 11.1 Å². The Morgan fingerprint density at radius 2 is 1.88 bits per heavy atom. The number of nitrogens with one attached hydrogen (secondary N) is 1. The number of fused-ring (bicyclic) bond motifs is 1. The first kappa shape index (κ1) is 22.7. The number of hydrogen-bond acceptors (Lipinski definition) is 6. The van der Waals surface area contributed by atoms with Gasteiger partial charge < -0.3 is 4.42 Å². The Balaban J connectivity index is 1.47. The molecule has 33 heavy (non-hydrogen) atoms. The van der Waals surface area contributed by atoms with Crippen LogP contribution in [-0.2, 0) is 5.41 Å². The van der Waals surface area contributed by atoms with E-state index < -0.39 is 10.8 Å². The second-order valence-electron chi connectivity index (χ2n) is 8.41. The van der Waals surface area contributed by atoms with Crippen molar-refractivity contribution in [1.82, 2.24) is 5.43 Å². The molecular weight excluding hydrogens is 462 g/mol. The maximum absolute atomic E-state index is 12.6. The molecule has 168 valence electrons. The van der Waals surface area contributed by atoms with E-state index in [4.69, 9.17) is 16.0 Å². The highest BCUT2D eigenvalue weighted by Crippen LogP contribution is 2.37. The van der Waals surface area contributed by atoms with Gasteiger partial charge in [0.1, 0.15) is 16.4 Å². The van der Waals surface area contributed by atoms with Crippen molar-refractivity contribution in [3.63, 3.8) is 0 Å². The molecule has 0 unspecified atom stereocenters. The lowest BCUT2D eigenvalue weighted by Gasteiger charge is -2.18. The van der Waals surface area contributed by atoms with Crippen molar-refractivity contribution in [3.05, 3.63) is 85.9 Å². The fourth-order valence-electron chi connectivity index (χ4n) is 3.21. The molecule has 4 aromatic rings. The Morgan fingerprint density at radius 3 is 2.55 bits per heavy atom. The number of hydrazone groups is 1. The van der Waals surface area contributed by atoms with Gasteiger partial charge in [-0.1, -0.05) is 44.5 Å². The van der Waals surface area contributed by atoms with Crippen molar-refractivity contribution in [2.45, 2.75) is 26.2 Å². The number of furan rings is 1. The van der Waals surface area contributed by atoms with Crippen molar-refractivity contribution in [3.8, 4) is 11.3 Å². The molecule has 1 amide bonds. The Bertz CT molecular complexity index is 1380. The van der Waals surface area contributed by atoms with Crippen molar-refractivity contribution >= 4 is 50.8 Å². The molecule has 0 atom stereocenters. The van der Waals surface area contributed by atoms with Crippen LogP contribution < -0.4 is 5.43 Å². The van der Waals surface area contributed by atoms with Crippen LogP contribution in [0.25, 0.3) is 21.4 Å². The lowest BCUT2D eigenvalue weighted by atomic mass is 9.87. The van der Waals surface area contributed by atoms with Gasteiger partial charge in [-0.25, -0.2) is 5.43 Å². The number of nitro groups is 1. The molecule has 0 saturated carbocycles. The number of carbonyl (C=O) groups excluding carboxylic acids is 1. The number of nitrogens with zero attached hydrogens (tertiary/aromatic N) is 2. The molecule has 0 aliphatic rings. The second kappa shape index (κ2) is 8.80. The molecule has 7 nitrogen and oxygen atoms in total. The molecule has 9 heteroatoms. The molecular formula is C24H20ClN3O4S. The van der Waals surface area contributed by atoms with Gasteiger partial charge in [-0.2, -0.15) is 5.10 Å². The highest BCUT2D eigenvalue weighted by atomic mass is 35.5. The Hall–Kier alpha value is -3.49. The van der Waals surface area contributed by atoms with Crippen molar-refractivity contribution in [2.24, 2.45) is 5.10 Å². The first-order valence-corrected chi connectivity index (χ1v) is 11.2. The van der Waals surface area contributed by atoms with Crippen LogP contribution in [0.2, 0.25) is 5.02 Å². The van der Waals surface area contributed by atoms with Gasteiger partial charge in [-0.15, -0.1) is 11.3 Å². The van der Waals surface area contributed by atoms with E-state index in [1.54, 1.807) is 24.3 Å². The number of thiophene rings is 1. The Labute approximate surface area is 198 Å². The second-order valence-corrected chi connectivity index (χ2v) is 9.84. The monoisotopic (exact) mass is 481 g/mol. The lowest BCUT2D eigenvalue weighted by Crippen LogP contribution is -2.16. The first-order valence-electron chi connectivity index (χ1n) is 10.0. The van der Waals surface area contributed by atoms with E-state index in [1.165, 1.54) is 35.2 Å². The third-order valence-corrected chi connectivity index (χ3v) is 6.70. The molecule has 0 aliphatic carbocycles. The zero-order valence-corrected chi connectivity index (χ0v) is 19.7. The summed E-state index contributed by atoms with van der Waals surface area (Å²) in [6, 6.07) is 15.5. The SMILES string of the molecule is CC(C)(C)c1ccc2c(Cl)c(C(=O)N/N=C\c3ccc(-c4ccc([N+](=O)[O-])cc4)o3)sc2c1. The largest absolute Gasteiger partial charge is 0.455 e. The molecule has 0 aliphatic heterocycles. The number of rotatable bonds is 5. The molecule has 2 heterocycles. The molecule has 0 radical (unpaired) electrons. The number of nitro benzene ring substituents is 1. The minimum atomic E-state index is -0.459. The summed E-state index contributed by atoms with van der Waals surface area (Å²) in [5.41, 5.74) is 4.34. The Kier molecular flexibility index (Phi) is 6.05. The molecule has 2 aromatic heterocycles. The number of hydrogen-bond donors (Lipinski definition) is 1. The molecule has 1 N–H and O–H groups in total. The summed E-state index contributed by atoms with van der Waals surface area (Å²) >= 11 is 7.78. The minimum Gasteiger partial charge on any atom is -0.455 e. The quantitative estimate of drug-likeness (QED) is 0.193. The third kappa shape index (κ3) is 4.81. The number of non-ortho nitro benzene ring substituents is 1. The van der Waals surface area contributed by atoms with Crippen LogP contribution in [0.4, 0.5) is 5.69 Å². The van der Waals surface area contributed by atoms with Gasteiger partial charge >= 0.3 is 0 Å². The van der Waals surface area contributed by atoms with Gasteiger partial charge in [-0.3, -0.25) is 14.9 Å². The van der Waals surface area contributed by atoms with Gasteiger partial charge in [0.25, 0.3) is 11.6 Å². The summed E-state index contributed by atoms with van der Waals surface area (Å²) in [4.78, 5) is 23.3. The highest BCUT2D eigenvalue weighted by Gasteiger charge is 2.20. The molecule has 4 rings (SSSR count). The van der Waals surface area contributed by atoms with Crippen LogP contribution >= 0.6 is 22.9 Å². The molecule has 0 bridgehead atoms. The molecule has 0 saturated heterocycles. The zero-order chi connectivity index (χ0) is 23.8. The third-order valence-electron chi connectivity index (χ3n) is 5.05. The van der Waals surface area contributed by atoms with Crippen molar-refractivity contribution in [1.29, 1.82) is 0 Å². The average molecular weight is 482 g/mol. The van der Waals surface area contributed by atoms with E-state index in [2.05, 4.69) is 37.4 Å². The lowest BCUT2D eigenvalue weighted by molar-refractivity contribution is -0.384. The van der Waals surface area contributed by atoms with Crippen LogP contribution in [0.15, 0.2) is 64.1 Å². The van der Waals surface area contributed by atoms with Gasteiger partial charge in [0.05, 0.1) is 16.2 Å².